The summed E-state index contributed by atoms with van der Waals surface area (Å²) < 4.78 is 6.02. The van der Waals surface area contributed by atoms with E-state index < -0.39 is 0 Å². The normalized spacial score (nSPS) is 22.2. The van der Waals surface area contributed by atoms with Crippen LogP contribution < -0.4 is 4.74 Å². The Hall–Kier alpha value is -1.98. The highest BCUT2D eigenvalue weighted by molar-refractivity contribution is 5.41. The third-order valence-electron chi connectivity index (χ3n) is 6.63. The Bertz CT molecular complexity index is 902. The van der Waals surface area contributed by atoms with E-state index in [1.165, 1.54) is 22.4 Å². The molecule has 0 radical (unpaired) electrons. The Kier molecular flexibility index (Phi) is 4.83. The molecule has 0 unspecified atom stereocenters. The van der Waals surface area contributed by atoms with E-state index in [1.54, 1.807) is 0 Å². The molecule has 2 aromatic rings. The van der Waals surface area contributed by atoms with E-state index in [2.05, 4.69) is 55.1 Å². The molecular weight excluding hydrogens is 360 g/mol. The number of ether oxygens (including phenoxy) is 1. The van der Waals surface area contributed by atoms with Crippen molar-refractivity contribution in [3.63, 3.8) is 0 Å². The van der Waals surface area contributed by atoms with E-state index in [9.17, 15) is 0 Å². The SMILES string of the molecule is CN1CCc2nc(C3CCN(Cc4ccc5c(c4)CC(C)(C)O5)CC3)ncc2C1. The van der Waals surface area contributed by atoms with Crippen LogP contribution in [0.4, 0.5) is 0 Å². The molecule has 5 rings (SSSR count). The molecule has 154 valence electrons. The topological polar surface area (TPSA) is 41.5 Å². The van der Waals surface area contributed by atoms with Gasteiger partial charge >= 0.3 is 0 Å². The Morgan fingerprint density at radius 1 is 1.14 bits per heavy atom. The molecule has 3 aliphatic rings. The second kappa shape index (κ2) is 7.37. The molecule has 3 aliphatic heterocycles. The van der Waals surface area contributed by atoms with Crippen molar-refractivity contribution in [1.29, 1.82) is 0 Å². The molecule has 0 atom stereocenters. The lowest BCUT2D eigenvalue weighted by atomic mass is 9.94. The van der Waals surface area contributed by atoms with Crippen LogP contribution in [0.1, 0.15) is 60.8 Å². The average Bonchev–Trinajstić information content (AvgIpc) is 3.01. The third kappa shape index (κ3) is 4.03. The minimum absolute atomic E-state index is 0.0659. The summed E-state index contributed by atoms with van der Waals surface area (Å²) in [6, 6.07) is 6.74. The molecular formula is C24H32N4O. The number of likely N-dealkylation sites (N-methyl/N-ethyl adjacent to an activating group) is 1. The number of rotatable bonds is 3. The molecule has 5 nitrogen and oxygen atoms in total. The second-order valence-electron chi connectivity index (χ2n) is 9.72. The van der Waals surface area contributed by atoms with Gasteiger partial charge in [-0.15, -0.1) is 0 Å². The van der Waals surface area contributed by atoms with Crippen molar-refractivity contribution in [2.24, 2.45) is 0 Å². The van der Waals surface area contributed by atoms with E-state index >= 15 is 0 Å². The zero-order valence-corrected chi connectivity index (χ0v) is 17.9. The van der Waals surface area contributed by atoms with Crippen molar-refractivity contribution in [3.05, 3.63) is 52.6 Å². The molecule has 0 amide bonds. The Morgan fingerprint density at radius 2 is 1.97 bits per heavy atom. The molecule has 0 saturated carbocycles. The van der Waals surface area contributed by atoms with Crippen LogP contribution >= 0.6 is 0 Å². The van der Waals surface area contributed by atoms with Crippen molar-refractivity contribution >= 4 is 0 Å². The fraction of sp³-hybridized carbons (Fsp3) is 0.583. The van der Waals surface area contributed by atoms with Crippen molar-refractivity contribution in [2.75, 3.05) is 26.7 Å². The molecule has 1 aromatic carbocycles. The van der Waals surface area contributed by atoms with Gasteiger partial charge in [0.2, 0.25) is 0 Å². The highest BCUT2D eigenvalue weighted by Gasteiger charge is 2.30. The maximum atomic E-state index is 6.02. The van der Waals surface area contributed by atoms with Crippen molar-refractivity contribution < 1.29 is 4.74 Å². The van der Waals surface area contributed by atoms with Gasteiger partial charge in [0, 0.05) is 55.8 Å². The monoisotopic (exact) mass is 392 g/mol. The number of hydrogen-bond donors (Lipinski definition) is 0. The van der Waals surface area contributed by atoms with E-state index in [1.807, 2.05) is 0 Å². The standard InChI is InChI=1S/C24H32N4O/c1-24(2)13-19-12-17(4-5-22(19)29-24)15-28-10-6-18(7-11-28)23-25-14-20-16-27(3)9-8-21(20)26-23/h4-5,12,14,18H,6-11,13,15-16H2,1-3H3. The first-order chi connectivity index (χ1) is 13.9. The quantitative estimate of drug-likeness (QED) is 0.799. The molecule has 1 aromatic heterocycles. The lowest BCUT2D eigenvalue weighted by molar-refractivity contribution is 0.138. The summed E-state index contributed by atoms with van der Waals surface area (Å²) in [7, 11) is 2.17. The zero-order chi connectivity index (χ0) is 20.0. The van der Waals surface area contributed by atoms with Gasteiger partial charge in [-0.25, -0.2) is 9.97 Å². The van der Waals surface area contributed by atoms with Crippen molar-refractivity contribution in [1.82, 2.24) is 19.8 Å². The van der Waals surface area contributed by atoms with Crippen LogP contribution in [0.3, 0.4) is 0 Å². The van der Waals surface area contributed by atoms with Gasteiger partial charge in [-0.05, 0) is 64.0 Å². The van der Waals surface area contributed by atoms with Gasteiger partial charge in [0.05, 0.1) is 0 Å². The Labute approximate surface area is 174 Å². The Balaban J connectivity index is 1.20. The van der Waals surface area contributed by atoms with Crippen LogP contribution in [0.25, 0.3) is 0 Å². The van der Waals surface area contributed by atoms with Gasteiger partial charge in [0.25, 0.3) is 0 Å². The van der Waals surface area contributed by atoms with E-state index in [4.69, 9.17) is 14.7 Å². The molecule has 0 aliphatic carbocycles. The number of fused-ring (bicyclic) bond motifs is 2. The maximum Gasteiger partial charge on any atom is 0.131 e. The number of piperidine rings is 1. The van der Waals surface area contributed by atoms with Crippen LogP contribution in [-0.4, -0.2) is 52.1 Å². The van der Waals surface area contributed by atoms with Gasteiger partial charge < -0.3 is 9.64 Å². The summed E-state index contributed by atoms with van der Waals surface area (Å²) in [4.78, 5) is 14.6. The number of benzene rings is 1. The largest absolute Gasteiger partial charge is 0.487 e. The fourth-order valence-electron chi connectivity index (χ4n) is 5.04. The summed E-state index contributed by atoms with van der Waals surface area (Å²) in [5.41, 5.74) is 5.28. The molecule has 4 heterocycles. The lowest BCUT2D eigenvalue weighted by Gasteiger charge is -2.32. The first-order valence-corrected chi connectivity index (χ1v) is 11.0. The number of hydrogen-bond acceptors (Lipinski definition) is 5. The highest BCUT2D eigenvalue weighted by Crippen LogP contribution is 2.35. The van der Waals surface area contributed by atoms with Crippen molar-refractivity contribution in [2.45, 2.75) is 64.1 Å². The third-order valence-corrected chi connectivity index (χ3v) is 6.63. The van der Waals surface area contributed by atoms with Gasteiger partial charge in [-0.3, -0.25) is 4.90 Å². The fourth-order valence-corrected chi connectivity index (χ4v) is 5.04. The molecule has 0 N–H and O–H groups in total. The van der Waals surface area contributed by atoms with Crippen LogP contribution in [0.2, 0.25) is 0 Å². The number of aromatic nitrogens is 2. The summed E-state index contributed by atoms with van der Waals surface area (Å²) in [6.45, 7) is 9.68. The summed E-state index contributed by atoms with van der Waals surface area (Å²) in [5.74, 6) is 2.64. The van der Waals surface area contributed by atoms with Gasteiger partial charge in [0.15, 0.2) is 0 Å². The average molecular weight is 393 g/mol. The predicted molar refractivity (Wildman–Crippen MR) is 114 cm³/mol. The first kappa shape index (κ1) is 19.0. The number of likely N-dealkylation sites (tertiary alicyclic amines) is 1. The highest BCUT2D eigenvalue weighted by atomic mass is 16.5. The smallest absolute Gasteiger partial charge is 0.131 e. The van der Waals surface area contributed by atoms with Gasteiger partial charge in [0.1, 0.15) is 17.2 Å². The molecule has 1 saturated heterocycles. The molecule has 29 heavy (non-hydrogen) atoms. The molecule has 5 heteroatoms. The molecule has 0 spiro atoms. The minimum Gasteiger partial charge on any atom is -0.487 e. The summed E-state index contributed by atoms with van der Waals surface area (Å²) >= 11 is 0. The summed E-state index contributed by atoms with van der Waals surface area (Å²) in [5, 5.41) is 0. The zero-order valence-electron chi connectivity index (χ0n) is 17.9. The van der Waals surface area contributed by atoms with Gasteiger partial charge in [-0.2, -0.15) is 0 Å². The minimum atomic E-state index is -0.0659. The van der Waals surface area contributed by atoms with Crippen LogP contribution in [-0.2, 0) is 25.9 Å². The van der Waals surface area contributed by atoms with Crippen LogP contribution in [0.15, 0.2) is 24.4 Å². The van der Waals surface area contributed by atoms with Gasteiger partial charge in [-0.1, -0.05) is 12.1 Å². The molecule has 0 bridgehead atoms. The van der Waals surface area contributed by atoms with Crippen LogP contribution in [0, 0.1) is 0 Å². The predicted octanol–water partition coefficient (Wildman–Crippen LogP) is 3.56. The second-order valence-corrected chi connectivity index (χ2v) is 9.72. The number of nitrogens with zero attached hydrogens (tertiary/aromatic N) is 4. The first-order valence-electron chi connectivity index (χ1n) is 11.0. The summed E-state index contributed by atoms with van der Waals surface area (Å²) in [6.07, 6.45) is 6.44. The van der Waals surface area contributed by atoms with E-state index in [0.29, 0.717) is 5.92 Å². The van der Waals surface area contributed by atoms with Crippen molar-refractivity contribution in [3.8, 4) is 5.75 Å². The maximum absolute atomic E-state index is 6.02. The lowest BCUT2D eigenvalue weighted by Crippen LogP contribution is -2.33. The Morgan fingerprint density at radius 3 is 2.79 bits per heavy atom. The van der Waals surface area contributed by atoms with E-state index in [0.717, 1.165) is 70.0 Å². The van der Waals surface area contributed by atoms with Crippen LogP contribution in [0.5, 0.6) is 5.75 Å². The molecule has 1 fully saturated rings. The van der Waals surface area contributed by atoms with E-state index in [-0.39, 0.29) is 5.60 Å².